The van der Waals surface area contributed by atoms with Crippen LogP contribution in [-0.4, -0.2) is 13.0 Å². The van der Waals surface area contributed by atoms with Crippen molar-refractivity contribution in [2.75, 3.05) is 7.11 Å². The molecule has 1 amide bonds. The van der Waals surface area contributed by atoms with Crippen LogP contribution in [0.3, 0.4) is 0 Å². The molecule has 0 radical (unpaired) electrons. The molecular weight excluding hydrogens is 374 g/mol. The van der Waals surface area contributed by atoms with Crippen molar-refractivity contribution in [3.05, 3.63) is 94.5 Å². The fourth-order valence-electron chi connectivity index (χ4n) is 2.89. The minimum atomic E-state index is -0.198. The minimum absolute atomic E-state index is 0.179. The van der Waals surface area contributed by atoms with Crippen molar-refractivity contribution in [2.45, 2.75) is 19.6 Å². The maximum Gasteiger partial charge on any atom is 0.251 e. The lowest BCUT2D eigenvalue weighted by molar-refractivity contribution is 0.0939. The molecule has 1 N–H and O–H groups in total. The van der Waals surface area contributed by atoms with Gasteiger partial charge < -0.3 is 14.8 Å². The normalized spacial score (nSPS) is 11.5. The number of halogens is 1. The van der Waals surface area contributed by atoms with Gasteiger partial charge in [0, 0.05) is 21.7 Å². The topological polar surface area (TPSA) is 47.6 Å². The van der Waals surface area contributed by atoms with Gasteiger partial charge >= 0.3 is 0 Å². The van der Waals surface area contributed by atoms with E-state index in [1.165, 1.54) is 0 Å². The maximum atomic E-state index is 12.7. The highest BCUT2D eigenvalue weighted by molar-refractivity contribution is 6.31. The molecule has 3 aromatic rings. The van der Waals surface area contributed by atoms with Crippen LogP contribution in [0.1, 0.15) is 34.5 Å². The Balaban J connectivity index is 1.67. The smallest absolute Gasteiger partial charge is 0.251 e. The van der Waals surface area contributed by atoms with Crippen LogP contribution in [0.2, 0.25) is 5.02 Å². The Bertz CT molecular complexity index is 958. The number of rotatable bonds is 7. The number of hydrogen-bond donors (Lipinski definition) is 1. The molecule has 0 aromatic heterocycles. The standard InChI is InChI=1S/C23H22ClNO3/c1-16(20-11-4-6-13-22(20)27-2)25-23(26)17-9-7-10-19(14-17)28-15-18-8-3-5-12-21(18)24/h3-14,16H,15H2,1-2H3,(H,25,26)/t16-/m0/s1. The Morgan fingerprint density at radius 3 is 2.57 bits per heavy atom. The Morgan fingerprint density at radius 1 is 1.04 bits per heavy atom. The van der Waals surface area contributed by atoms with Gasteiger partial charge in [-0.3, -0.25) is 4.79 Å². The molecule has 0 bridgehead atoms. The van der Waals surface area contributed by atoms with Crippen LogP contribution in [0.15, 0.2) is 72.8 Å². The van der Waals surface area contributed by atoms with Crippen molar-refractivity contribution in [1.82, 2.24) is 5.32 Å². The zero-order valence-corrected chi connectivity index (χ0v) is 16.6. The van der Waals surface area contributed by atoms with Crippen LogP contribution < -0.4 is 14.8 Å². The molecule has 1 atom stereocenters. The summed E-state index contributed by atoms with van der Waals surface area (Å²) in [6, 6.07) is 22.0. The number of ether oxygens (including phenoxy) is 2. The molecule has 0 saturated heterocycles. The van der Waals surface area contributed by atoms with E-state index < -0.39 is 0 Å². The van der Waals surface area contributed by atoms with Gasteiger partial charge in [-0.2, -0.15) is 0 Å². The van der Waals surface area contributed by atoms with E-state index >= 15 is 0 Å². The van der Waals surface area contributed by atoms with Crippen LogP contribution in [0.5, 0.6) is 11.5 Å². The van der Waals surface area contributed by atoms with Crippen molar-refractivity contribution >= 4 is 17.5 Å². The third-order valence-corrected chi connectivity index (χ3v) is 4.77. The van der Waals surface area contributed by atoms with E-state index in [2.05, 4.69) is 5.32 Å². The van der Waals surface area contributed by atoms with Crippen molar-refractivity contribution in [3.8, 4) is 11.5 Å². The van der Waals surface area contributed by atoms with Gasteiger partial charge in [-0.15, -0.1) is 0 Å². The number of amides is 1. The highest BCUT2D eigenvalue weighted by atomic mass is 35.5. The molecule has 0 saturated carbocycles. The first kappa shape index (κ1) is 19.8. The molecule has 0 spiro atoms. The molecule has 3 aromatic carbocycles. The number of nitrogens with one attached hydrogen (secondary N) is 1. The number of hydrogen-bond acceptors (Lipinski definition) is 3. The molecule has 0 unspecified atom stereocenters. The van der Waals surface area contributed by atoms with E-state index in [9.17, 15) is 4.79 Å². The number of benzene rings is 3. The maximum absolute atomic E-state index is 12.7. The van der Waals surface area contributed by atoms with Gasteiger partial charge in [0.2, 0.25) is 0 Å². The van der Waals surface area contributed by atoms with E-state index in [-0.39, 0.29) is 11.9 Å². The van der Waals surface area contributed by atoms with E-state index in [0.29, 0.717) is 22.9 Å². The average Bonchev–Trinajstić information content (AvgIpc) is 2.73. The summed E-state index contributed by atoms with van der Waals surface area (Å²) < 4.78 is 11.2. The Hall–Kier alpha value is -2.98. The summed E-state index contributed by atoms with van der Waals surface area (Å²) in [4.78, 5) is 12.7. The van der Waals surface area contributed by atoms with E-state index in [4.69, 9.17) is 21.1 Å². The van der Waals surface area contributed by atoms with Gasteiger partial charge in [-0.1, -0.05) is 54.1 Å². The molecule has 3 rings (SSSR count). The third kappa shape index (κ3) is 4.84. The molecule has 0 aliphatic rings. The zero-order valence-electron chi connectivity index (χ0n) is 15.8. The Kier molecular flexibility index (Phi) is 6.56. The first-order chi connectivity index (χ1) is 13.6. The predicted octanol–water partition coefficient (Wildman–Crippen LogP) is 5.42. The van der Waals surface area contributed by atoms with Gasteiger partial charge in [0.1, 0.15) is 18.1 Å². The van der Waals surface area contributed by atoms with Crippen molar-refractivity contribution in [2.24, 2.45) is 0 Å². The lowest BCUT2D eigenvalue weighted by atomic mass is 10.1. The monoisotopic (exact) mass is 395 g/mol. The van der Waals surface area contributed by atoms with Gasteiger partial charge in [-0.25, -0.2) is 0 Å². The molecule has 4 nitrogen and oxygen atoms in total. The number of methoxy groups -OCH3 is 1. The van der Waals surface area contributed by atoms with Crippen LogP contribution in [0, 0.1) is 0 Å². The first-order valence-corrected chi connectivity index (χ1v) is 9.36. The number of carbonyl (C=O) groups is 1. The summed E-state index contributed by atoms with van der Waals surface area (Å²) in [7, 11) is 1.62. The second-order valence-electron chi connectivity index (χ2n) is 6.35. The SMILES string of the molecule is COc1ccccc1[C@H](C)NC(=O)c1cccc(OCc2ccccc2Cl)c1. The molecule has 0 heterocycles. The highest BCUT2D eigenvalue weighted by Crippen LogP contribution is 2.25. The summed E-state index contributed by atoms with van der Waals surface area (Å²) in [5, 5.41) is 3.66. The Morgan fingerprint density at radius 2 is 1.79 bits per heavy atom. The minimum Gasteiger partial charge on any atom is -0.496 e. The third-order valence-electron chi connectivity index (χ3n) is 4.40. The summed E-state index contributed by atoms with van der Waals surface area (Å²) in [6.07, 6.45) is 0. The van der Waals surface area contributed by atoms with Crippen molar-refractivity contribution in [1.29, 1.82) is 0 Å². The largest absolute Gasteiger partial charge is 0.496 e. The summed E-state index contributed by atoms with van der Waals surface area (Å²) >= 11 is 6.16. The summed E-state index contributed by atoms with van der Waals surface area (Å²) in [5.74, 6) is 1.17. The molecule has 0 aliphatic heterocycles. The number of para-hydroxylation sites is 1. The van der Waals surface area contributed by atoms with Gasteiger partial charge in [0.25, 0.3) is 5.91 Å². The van der Waals surface area contributed by atoms with Crippen LogP contribution >= 0.6 is 11.6 Å². The van der Waals surface area contributed by atoms with Gasteiger partial charge in [-0.05, 0) is 37.3 Å². The van der Waals surface area contributed by atoms with Gasteiger partial charge in [0.05, 0.1) is 13.2 Å². The fraction of sp³-hybridized carbons (Fsp3) is 0.174. The average molecular weight is 396 g/mol. The fourth-order valence-corrected chi connectivity index (χ4v) is 3.08. The zero-order chi connectivity index (χ0) is 19.9. The molecule has 5 heteroatoms. The van der Waals surface area contributed by atoms with Gasteiger partial charge in [0.15, 0.2) is 0 Å². The predicted molar refractivity (Wildman–Crippen MR) is 111 cm³/mol. The molecule has 0 fully saturated rings. The second-order valence-corrected chi connectivity index (χ2v) is 6.75. The number of carbonyl (C=O) groups excluding carboxylic acids is 1. The molecule has 28 heavy (non-hydrogen) atoms. The van der Waals surface area contributed by atoms with Crippen LogP contribution in [-0.2, 0) is 6.61 Å². The van der Waals surface area contributed by atoms with Crippen molar-refractivity contribution < 1.29 is 14.3 Å². The van der Waals surface area contributed by atoms with E-state index in [0.717, 1.165) is 16.9 Å². The van der Waals surface area contributed by atoms with Crippen LogP contribution in [0.4, 0.5) is 0 Å². The quantitative estimate of drug-likeness (QED) is 0.581. The lowest BCUT2D eigenvalue weighted by Crippen LogP contribution is -2.26. The molecule has 0 aliphatic carbocycles. The summed E-state index contributed by atoms with van der Waals surface area (Å²) in [6.45, 7) is 2.26. The lowest BCUT2D eigenvalue weighted by Gasteiger charge is -2.17. The molecule has 144 valence electrons. The molecular formula is C23H22ClNO3. The second kappa shape index (κ2) is 9.29. The van der Waals surface area contributed by atoms with Crippen LogP contribution in [0.25, 0.3) is 0 Å². The van der Waals surface area contributed by atoms with Crippen molar-refractivity contribution in [3.63, 3.8) is 0 Å². The Labute approximate surface area is 170 Å². The first-order valence-electron chi connectivity index (χ1n) is 8.98. The summed E-state index contributed by atoms with van der Waals surface area (Å²) in [5.41, 5.74) is 2.34. The van der Waals surface area contributed by atoms with E-state index in [1.54, 1.807) is 25.3 Å². The van der Waals surface area contributed by atoms with E-state index in [1.807, 2.05) is 61.5 Å². The highest BCUT2D eigenvalue weighted by Gasteiger charge is 2.15.